The van der Waals surface area contributed by atoms with Crippen LogP contribution in [0.2, 0.25) is 0 Å². The largest absolute Gasteiger partial charge is 0.338 e. The van der Waals surface area contributed by atoms with Gasteiger partial charge in [0.15, 0.2) is 0 Å². The maximum atomic E-state index is 13.3. The summed E-state index contributed by atoms with van der Waals surface area (Å²) in [6.45, 7) is 5.58. The Balaban J connectivity index is 1.88. The van der Waals surface area contributed by atoms with Gasteiger partial charge in [0.1, 0.15) is 16.8 Å². The Bertz CT molecular complexity index is 789. The molecule has 1 atom stereocenters. The van der Waals surface area contributed by atoms with E-state index < -0.39 is 11.0 Å². The fourth-order valence-corrected chi connectivity index (χ4v) is 3.81. The Morgan fingerprint density at radius 3 is 2.48 bits per heavy atom. The van der Waals surface area contributed by atoms with Gasteiger partial charge >= 0.3 is 0 Å². The average Bonchev–Trinajstić information content (AvgIpc) is 2.72. The lowest BCUT2D eigenvalue weighted by Crippen LogP contribution is -2.44. The van der Waals surface area contributed by atoms with E-state index in [1.807, 2.05) is 6.92 Å². The number of hydrogen-bond acceptors (Lipinski definition) is 5. The molecule has 0 unspecified atom stereocenters. The fourth-order valence-electron chi connectivity index (χ4n) is 2.77. The number of piperazine rings is 1. The monoisotopic (exact) mass is 389 g/mol. The Morgan fingerprint density at radius 2 is 1.85 bits per heavy atom. The Kier molecular flexibility index (Phi) is 7.00. The highest BCUT2D eigenvalue weighted by molar-refractivity contribution is 7.83. The molecule has 8 heteroatoms. The molecule has 1 aromatic carbocycles. The molecule has 0 radical (unpaired) electrons. The number of halogens is 1. The minimum absolute atomic E-state index is 0.324. The summed E-state index contributed by atoms with van der Waals surface area (Å²) >= 11 is 0. The van der Waals surface area contributed by atoms with Crippen LogP contribution in [0.25, 0.3) is 0 Å². The van der Waals surface area contributed by atoms with Crippen LogP contribution in [-0.4, -0.2) is 51.8 Å². The van der Waals surface area contributed by atoms with Gasteiger partial charge in [0.05, 0.1) is 5.71 Å². The van der Waals surface area contributed by atoms with Crippen LogP contribution in [0.4, 0.5) is 10.3 Å². The molecular formula is C19H24FN5OS. The first-order valence-corrected chi connectivity index (χ1v) is 10.5. The van der Waals surface area contributed by atoms with E-state index in [9.17, 15) is 8.60 Å². The molecule has 6 nitrogen and oxygen atoms in total. The van der Waals surface area contributed by atoms with E-state index in [1.165, 1.54) is 12.1 Å². The van der Waals surface area contributed by atoms with Crippen molar-refractivity contribution in [3.05, 3.63) is 53.6 Å². The Morgan fingerprint density at radius 1 is 1.19 bits per heavy atom. The van der Waals surface area contributed by atoms with Gasteiger partial charge in [0.25, 0.3) is 0 Å². The predicted octanol–water partition coefficient (Wildman–Crippen LogP) is 2.33. The van der Waals surface area contributed by atoms with Crippen molar-refractivity contribution in [2.75, 3.05) is 36.8 Å². The summed E-state index contributed by atoms with van der Waals surface area (Å²) in [7, 11) is -1.35. The first-order valence-electron chi connectivity index (χ1n) is 9.18. The van der Waals surface area contributed by atoms with Gasteiger partial charge in [-0.1, -0.05) is 13.3 Å². The zero-order chi connectivity index (χ0) is 19.1. The second kappa shape index (κ2) is 9.66. The van der Waals surface area contributed by atoms with Crippen LogP contribution in [0, 0.1) is 5.82 Å². The second-order valence-electron chi connectivity index (χ2n) is 6.33. The molecule has 0 amide bonds. The normalized spacial score (nSPS) is 16.4. The lowest BCUT2D eigenvalue weighted by atomic mass is 10.1. The second-order valence-corrected chi connectivity index (χ2v) is 7.57. The molecule has 2 heterocycles. The minimum atomic E-state index is -1.35. The lowest BCUT2D eigenvalue weighted by Gasteiger charge is -2.27. The number of benzene rings is 1. The lowest BCUT2D eigenvalue weighted by molar-refractivity contribution is 0.580. The van der Waals surface area contributed by atoms with E-state index in [0.717, 1.165) is 39.0 Å². The topological polar surface area (TPSA) is 70.5 Å². The molecule has 0 saturated carbocycles. The van der Waals surface area contributed by atoms with Crippen molar-refractivity contribution in [1.82, 2.24) is 15.3 Å². The fraction of sp³-hybridized carbons (Fsp3) is 0.421. The molecular weight excluding hydrogens is 365 g/mol. The van der Waals surface area contributed by atoms with Crippen molar-refractivity contribution >= 4 is 22.6 Å². The SMILES string of the molecule is CCCC[S@](=O)/N=C(/c1ccc(F)cc1)c1cnc(N2CCNCC2)nc1. The van der Waals surface area contributed by atoms with Crippen LogP contribution in [0.1, 0.15) is 30.9 Å². The van der Waals surface area contributed by atoms with Gasteiger partial charge in [-0.2, -0.15) is 4.40 Å². The molecule has 1 saturated heterocycles. The molecule has 0 aliphatic carbocycles. The van der Waals surface area contributed by atoms with Crippen molar-refractivity contribution < 1.29 is 8.60 Å². The number of aromatic nitrogens is 2. The van der Waals surface area contributed by atoms with Gasteiger partial charge in [-0.15, -0.1) is 0 Å². The smallest absolute Gasteiger partial charge is 0.225 e. The standard InChI is InChI=1S/C19H24FN5OS/c1-2-3-12-27(26)24-18(15-4-6-17(20)7-5-15)16-13-22-19(23-14-16)25-10-8-21-9-11-25/h4-7,13-14,21H,2-3,8-12H2,1H3/b24-18-/t27-/m0/s1. The Labute approximate surface area is 161 Å². The molecule has 1 aliphatic heterocycles. The van der Waals surface area contributed by atoms with Gasteiger partial charge < -0.3 is 10.2 Å². The molecule has 2 aromatic rings. The van der Waals surface area contributed by atoms with Gasteiger partial charge in [0, 0.05) is 55.5 Å². The van der Waals surface area contributed by atoms with Gasteiger partial charge in [0.2, 0.25) is 5.95 Å². The van der Waals surface area contributed by atoms with Crippen LogP contribution in [0.15, 0.2) is 41.1 Å². The molecule has 0 bridgehead atoms. The third-order valence-corrected chi connectivity index (χ3v) is 5.32. The van der Waals surface area contributed by atoms with Crippen molar-refractivity contribution in [1.29, 1.82) is 0 Å². The number of nitrogens with one attached hydrogen (secondary N) is 1. The van der Waals surface area contributed by atoms with E-state index in [0.29, 0.717) is 28.5 Å². The van der Waals surface area contributed by atoms with E-state index in [2.05, 4.69) is 24.6 Å². The summed E-state index contributed by atoms with van der Waals surface area (Å²) < 4.78 is 30.0. The highest BCUT2D eigenvalue weighted by Gasteiger charge is 2.15. The van der Waals surface area contributed by atoms with E-state index in [4.69, 9.17) is 0 Å². The van der Waals surface area contributed by atoms with E-state index >= 15 is 0 Å². The molecule has 27 heavy (non-hydrogen) atoms. The average molecular weight is 390 g/mol. The molecule has 144 valence electrons. The molecule has 0 spiro atoms. The maximum absolute atomic E-state index is 13.3. The minimum Gasteiger partial charge on any atom is -0.338 e. The third-order valence-electron chi connectivity index (χ3n) is 4.29. The molecule has 3 rings (SSSR count). The first kappa shape index (κ1) is 19.6. The van der Waals surface area contributed by atoms with Gasteiger partial charge in [-0.05, 0) is 30.7 Å². The number of rotatable bonds is 7. The van der Waals surface area contributed by atoms with Crippen LogP contribution in [0.5, 0.6) is 0 Å². The van der Waals surface area contributed by atoms with Gasteiger partial charge in [-0.3, -0.25) is 0 Å². The van der Waals surface area contributed by atoms with Crippen molar-refractivity contribution in [3.63, 3.8) is 0 Å². The van der Waals surface area contributed by atoms with Crippen LogP contribution < -0.4 is 10.2 Å². The van der Waals surface area contributed by atoms with Crippen LogP contribution in [0.3, 0.4) is 0 Å². The van der Waals surface area contributed by atoms with Crippen molar-refractivity contribution in [2.24, 2.45) is 4.40 Å². The number of anilines is 1. The van der Waals surface area contributed by atoms with Crippen molar-refractivity contribution in [3.8, 4) is 0 Å². The number of unbranched alkanes of at least 4 members (excludes halogenated alkanes) is 1. The summed E-state index contributed by atoms with van der Waals surface area (Å²) in [4.78, 5) is 11.1. The molecule has 1 fully saturated rings. The quantitative estimate of drug-likeness (QED) is 0.736. The van der Waals surface area contributed by atoms with E-state index in [1.54, 1.807) is 24.5 Å². The highest BCUT2D eigenvalue weighted by Crippen LogP contribution is 2.15. The maximum Gasteiger partial charge on any atom is 0.225 e. The molecule has 1 aliphatic rings. The van der Waals surface area contributed by atoms with E-state index in [-0.39, 0.29) is 5.82 Å². The Hall–Kier alpha value is -2.19. The zero-order valence-electron chi connectivity index (χ0n) is 15.4. The zero-order valence-corrected chi connectivity index (χ0v) is 16.2. The summed E-state index contributed by atoms with van der Waals surface area (Å²) in [6.07, 6.45) is 5.19. The summed E-state index contributed by atoms with van der Waals surface area (Å²) in [5.41, 5.74) is 1.89. The number of nitrogens with zero attached hydrogens (tertiary/aromatic N) is 4. The first-order chi connectivity index (χ1) is 13.2. The van der Waals surface area contributed by atoms with Crippen LogP contribution >= 0.6 is 0 Å². The predicted molar refractivity (Wildman–Crippen MR) is 107 cm³/mol. The number of hydrogen-bond donors (Lipinski definition) is 1. The van der Waals surface area contributed by atoms with Crippen LogP contribution in [-0.2, 0) is 11.0 Å². The highest BCUT2D eigenvalue weighted by atomic mass is 32.2. The molecule has 1 aromatic heterocycles. The summed E-state index contributed by atoms with van der Waals surface area (Å²) in [6, 6.07) is 6.01. The molecule has 1 N–H and O–H groups in total. The van der Waals surface area contributed by atoms with Crippen molar-refractivity contribution in [2.45, 2.75) is 19.8 Å². The third kappa shape index (κ3) is 5.40. The summed E-state index contributed by atoms with van der Waals surface area (Å²) in [5.74, 6) is 0.849. The van der Waals surface area contributed by atoms with Gasteiger partial charge in [-0.25, -0.2) is 18.6 Å². The summed E-state index contributed by atoms with van der Waals surface area (Å²) in [5, 5.41) is 3.30.